The second-order valence-electron chi connectivity index (χ2n) is 5.81. The van der Waals surface area contributed by atoms with Crippen LogP contribution in [0.1, 0.15) is 40.0 Å². The normalized spacial score (nSPS) is 22.9. The highest BCUT2D eigenvalue weighted by molar-refractivity contribution is 5.76. The summed E-state index contributed by atoms with van der Waals surface area (Å²) in [5.41, 5.74) is 5.76. The lowest BCUT2D eigenvalue weighted by molar-refractivity contribution is -0.132. The van der Waals surface area contributed by atoms with Gasteiger partial charge >= 0.3 is 0 Å². The monoisotopic (exact) mass is 256 g/mol. The van der Waals surface area contributed by atoms with Crippen LogP contribution in [0.5, 0.6) is 0 Å². The molecule has 1 heterocycles. The highest BCUT2D eigenvalue weighted by atomic mass is 16.5. The molecular weight excluding hydrogens is 228 g/mol. The standard InChI is InChI=1S/C14H28N2O2/c1-11(2)7-13(9-15)8-14(17)16-5-4-6-18-12(3)10-16/h11-13H,4-10,15H2,1-3H3. The van der Waals surface area contributed by atoms with Crippen LogP contribution in [-0.4, -0.2) is 43.2 Å². The van der Waals surface area contributed by atoms with E-state index in [0.717, 1.165) is 32.5 Å². The number of carbonyl (C=O) groups excluding carboxylic acids is 1. The first-order chi connectivity index (χ1) is 8.52. The van der Waals surface area contributed by atoms with Crippen LogP contribution < -0.4 is 5.73 Å². The van der Waals surface area contributed by atoms with E-state index in [1.54, 1.807) is 0 Å². The largest absolute Gasteiger partial charge is 0.377 e. The highest BCUT2D eigenvalue weighted by Gasteiger charge is 2.22. The van der Waals surface area contributed by atoms with E-state index in [0.29, 0.717) is 24.8 Å². The molecule has 4 heteroatoms. The molecule has 106 valence electrons. The molecule has 2 unspecified atom stereocenters. The van der Waals surface area contributed by atoms with Gasteiger partial charge in [0.15, 0.2) is 0 Å². The molecule has 0 aromatic heterocycles. The SMILES string of the molecule is CC(C)CC(CN)CC(=O)N1CCCOC(C)C1. The summed E-state index contributed by atoms with van der Waals surface area (Å²) < 4.78 is 5.56. The second-order valence-corrected chi connectivity index (χ2v) is 5.81. The fraction of sp³-hybridized carbons (Fsp3) is 0.929. The van der Waals surface area contributed by atoms with Crippen molar-refractivity contribution in [3.05, 3.63) is 0 Å². The second kappa shape index (κ2) is 7.74. The van der Waals surface area contributed by atoms with Gasteiger partial charge in [-0.25, -0.2) is 0 Å². The Hall–Kier alpha value is -0.610. The number of amides is 1. The topological polar surface area (TPSA) is 55.6 Å². The summed E-state index contributed by atoms with van der Waals surface area (Å²) in [6.45, 7) is 9.28. The van der Waals surface area contributed by atoms with Gasteiger partial charge in [-0.15, -0.1) is 0 Å². The molecule has 0 aromatic carbocycles. The van der Waals surface area contributed by atoms with Gasteiger partial charge in [0.25, 0.3) is 0 Å². The molecule has 1 aliphatic rings. The maximum atomic E-state index is 12.3. The fourth-order valence-corrected chi connectivity index (χ4v) is 2.53. The molecule has 18 heavy (non-hydrogen) atoms. The third-order valence-electron chi connectivity index (χ3n) is 3.41. The Morgan fingerprint density at radius 1 is 1.50 bits per heavy atom. The summed E-state index contributed by atoms with van der Waals surface area (Å²) in [5.74, 6) is 1.15. The van der Waals surface area contributed by atoms with Crippen LogP contribution in [0, 0.1) is 11.8 Å². The van der Waals surface area contributed by atoms with Crippen molar-refractivity contribution in [3.63, 3.8) is 0 Å². The Balaban J connectivity index is 2.46. The molecule has 1 aliphatic heterocycles. The van der Waals surface area contributed by atoms with Gasteiger partial charge in [-0.05, 0) is 38.1 Å². The predicted molar refractivity (Wildman–Crippen MR) is 73.2 cm³/mol. The number of ether oxygens (including phenoxy) is 1. The van der Waals surface area contributed by atoms with E-state index in [9.17, 15) is 4.79 Å². The molecule has 1 saturated heterocycles. The Morgan fingerprint density at radius 2 is 2.22 bits per heavy atom. The van der Waals surface area contributed by atoms with Crippen molar-refractivity contribution in [1.82, 2.24) is 4.90 Å². The van der Waals surface area contributed by atoms with E-state index in [1.807, 2.05) is 11.8 Å². The zero-order valence-corrected chi connectivity index (χ0v) is 12.0. The van der Waals surface area contributed by atoms with Gasteiger partial charge in [-0.1, -0.05) is 13.8 Å². The van der Waals surface area contributed by atoms with E-state index < -0.39 is 0 Å². The molecule has 1 amide bonds. The van der Waals surface area contributed by atoms with Crippen molar-refractivity contribution < 1.29 is 9.53 Å². The number of nitrogens with two attached hydrogens (primary N) is 1. The van der Waals surface area contributed by atoms with Crippen molar-refractivity contribution in [2.75, 3.05) is 26.2 Å². The first kappa shape index (κ1) is 15.4. The summed E-state index contributed by atoms with van der Waals surface area (Å²) in [6.07, 6.45) is 2.70. The summed E-state index contributed by atoms with van der Waals surface area (Å²) >= 11 is 0. The van der Waals surface area contributed by atoms with Crippen molar-refractivity contribution in [2.24, 2.45) is 17.6 Å². The first-order valence-electron chi connectivity index (χ1n) is 7.12. The van der Waals surface area contributed by atoms with Gasteiger partial charge in [0.2, 0.25) is 5.91 Å². The third kappa shape index (κ3) is 5.36. The van der Waals surface area contributed by atoms with Crippen LogP contribution in [0.15, 0.2) is 0 Å². The molecular formula is C14H28N2O2. The van der Waals surface area contributed by atoms with E-state index in [-0.39, 0.29) is 12.0 Å². The molecule has 0 radical (unpaired) electrons. The summed E-state index contributed by atoms with van der Waals surface area (Å²) in [6, 6.07) is 0. The predicted octanol–water partition coefficient (Wildman–Crippen LogP) is 1.63. The molecule has 1 rings (SSSR count). The molecule has 2 N–H and O–H groups in total. The summed E-state index contributed by atoms with van der Waals surface area (Å²) in [7, 11) is 0. The Morgan fingerprint density at radius 3 is 2.83 bits per heavy atom. The van der Waals surface area contributed by atoms with Crippen molar-refractivity contribution >= 4 is 5.91 Å². The average Bonchev–Trinajstić information content (AvgIpc) is 2.52. The van der Waals surface area contributed by atoms with Crippen LogP contribution in [0.2, 0.25) is 0 Å². The van der Waals surface area contributed by atoms with Crippen LogP contribution in [0.4, 0.5) is 0 Å². The minimum atomic E-state index is 0.151. The molecule has 0 aliphatic carbocycles. The first-order valence-corrected chi connectivity index (χ1v) is 7.12. The molecule has 1 fully saturated rings. The van der Waals surface area contributed by atoms with Crippen LogP contribution >= 0.6 is 0 Å². The van der Waals surface area contributed by atoms with Crippen molar-refractivity contribution in [1.29, 1.82) is 0 Å². The summed E-state index contributed by atoms with van der Waals surface area (Å²) in [5, 5.41) is 0. The van der Waals surface area contributed by atoms with Gasteiger partial charge in [0.1, 0.15) is 0 Å². The van der Waals surface area contributed by atoms with Crippen LogP contribution in [0.3, 0.4) is 0 Å². The van der Waals surface area contributed by atoms with E-state index in [2.05, 4.69) is 13.8 Å². The lowest BCUT2D eigenvalue weighted by atomic mass is 9.93. The van der Waals surface area contributed by atoms with Gasteiger partial charge in [-0.2, -0.15) is 0 Å². The minimum Gasteiger partial charge on any atom is -0.377 e. The lowest BCUT2D eigenvalue weighted by Crippen LogP contribution is -2.37. The lowest BCUT2D eigenvalue weighted by Gasteiger charge is -2.25. The van der Waals surface area contributed by atoms with E-state index >= 15 is 0 Å². The number of carbonyl (C=O) groups is 1. The maximum absolute atomic E-state index is 12.3. The third-order valence-corrected chi connectivity index (χ3v) is 3.41. The molecule has 0 aromatic rings. The van der Waals surface area contributed by atoms with Gasteiger partial charge in [0.05, 0.1) is 6.10 Å². The molecule has 4 nitrogen and oxygen atoms in total. The molecule has 2 atom stereocenters. The van der Waals surface area contributed by atoms with Crippen molar-refractivity contribution in [2.45, 2.75) is 46.1 Å². The number of hydrogen-bond donors (Lipinski definition) is 1. The molecule has 0 bridgehead atoms. The van der Waals surface area contributed by atoms with Gasteiger partial charge in [-0.3, -0.25) is 4.79 Å². The molecule has 0 spiro atoms. The zero-order chi connectivity index (χ0) is 13.5. The highest BCUT2D eigenvalue weighted by Crippen LogP contribution is 2.17. The molecule has 0 saturated carbocycles. The van der Waals surface area contributed by atoms with Gasteiger partial charge in [0, 0.05) is 26.1 Å². The Bertz CT molecular complexity index is 256. The summed E-state index contributed by atoms with van der Waals surface area (Å²) in [4.78, 5) is 14.2. The Labute approximate surface area is 111 Å². The van der Waals surface area contributed by atoms with E-state index in [1.165, 1.54) is 0 Å². The average molecular weight is 256 g/mol. The minimum absolute atomic E-state index is 0.151. The zero-order valence-electron chi connectivity index (χ0n) is 12.0. The van der Waals surface area contributed by atoms with Crippen LogP contribution in [-0.2, 0) is 9.53 Å². The van der Waals surface area contributed by atoms with Crippen LogP contribution in [0.25, 0.3) is 0 Å². The fourth-order valence-electron chi connectivity index (χ4n) is 2.53. The number of nitrogens with zero attached hydrogens (tertiary/aromatic N) is 1. The number of hydrogen-bond acceptors (Lipinski definition) is 3. The van der Waals surface area contributed by atoms with Gasteiger partial charge < -0.3 is 15.4 Å². The maximum Gasteiger partial charge on any atom is 0.222 e. The quantitative estimate of drug-likeness (QED) is 0.813. The smallest absolute Gasteiger partial charge is 0.222 e. The number of rotatable bonds is 5. The Kier molecular flexibility index (Phi) is 6.65. The van der Waals surface area contributed by atoms with Crippen molar-refractivity contribution in [3.8, 4) is 0 Å². The van der Waals surface area contributed by atoms with E-state index in [4.69, 9.17) is 10.5 Å².